The van der Waals surface area contributed by atoms with Crippen molar-refractivity contribution in [1.29, 1.82) is 0 Å². The summed E-state index contributed by atoms with van der Waals surface area (Å²) in [7, 11) is 0. The van der Waals surface area contributed by atoms with Gasteiger partial charge in [0.1, 0.15) is 0 Å². The van der Waals surface area contributed by atoms with Crippen LogP contribution in [-0.2, 0) is 12.4 Å². The smallest absolute Gasteiger partial charge is 0.322 e. The first kappa shape index (κ1) is 18.3. The first-order valence-electron chi connectivity index (χ1n) is 6.87. The highest BCUT2D eigenvalue weighted by Crippen LogP contribution is 2.40. The normalized spacial score (nSPS) is 15.2. The highest BCUT2D eigenvalue weighted by molar-refractivity contribution is 5.38. The second-order valence-corrected chi connectivity index (χ2v) is 5.22. The van der Waals surface area contributed by atoms with Gasteiger partial charge in [-0.05, 0) is 23.3 Å². The molecule has 2 rings (SSSR count). The van der Waals surface area contributed by atoms with Gasteiger partial charge in [-0.3, -0.25) is 0 Å². The van der Waals surface area contributed by atoms with E-state index in [9.17, 15) is 26.3 Å². The summed E-state index contributed by atoms with van der Waals surface area (Å²) in [5, 5.41) is 0. The predicted molar refractivity (Wildman–Crippen MR) is 76.7 cm³/mol. The molecule has 0 bridgehead atoms. The molecule has 24 heavy (non-hydrogen) atoms. The quantitative estimate of drug-likeness (QED) is 0.807. The fourth-order valence-electron chi connectivity index (χ4n) is 2.48. The molecule has 0 radical (unpaired) electrons. The van der Waals surface area contributed by atoms with E-state index in [1.807, 2.05) is 0 Å². The van der Waals surface area contributed by atoms with Gasteiger partial charge in [-0.2, -0.15) is 26.3 Å². The number of hydrogen-bond acceptors (Lipinski definition) is 2. The molecule has 0 saturated carbocycles. The van der Waals surface area contributed by atoms with Gasteiger partial charge in [0.05, 0.1) is 11.1 Å². The van der Waals surface area contributed by atoms with Crippen LogP contribution in [0.5, 0.6) is 0 Å². The lowest BCUT2D eigenvalue weighted by atomic mass is 9.89. The molecular formula is C16H14F6N2. The molecule has 0 saturated heterocycles. The number of halogens is 6. The number of rotatable bonds is 3. The molecule has 2 aromatic carbocycles. The molecule has 0 aromatic heterocycles. The van der Waals surface area contributed by atoms with Gasteiger partial charge in [-0.15, -0.1) is 0 Å². The molecule has 2 nitrogen and oxygen atoms in total. The van der Waals surface area contributed by atoms with Gasteiger partial charge in [0, 0.05) is 12.1 Å². The van der Waals surface area contributed by atoms with E-state index in [1.54, 1.807) is 0 Å². The van der Waals surface area contributed by atoms with Crippen molar-refractivity contribution in [3.63, 3.8) is 0 Å². The number of hydrogen-bond donors (Lipinski definition) is 2. The van der Waals surface area contributed by atoms with Crippen LogP contribution in [0.15, 0.2) is 48.5 Å². The van der Waals surface area contributed by atoms with E-state index in [-0.39, 0.29) is 11.1 Å². The van der Waals surface area contributed by atoms with Crippen LogP contribution < -0.4 is 11.5 Å². The van der Waals surface area contributed by atoms with Crippen LogP contribution in [0.2, 0.25) is 0 Å². The Hall–Kier alpha value is -2.06. The minimum absolute atomic E-state index is 0.352. The lowest BCUT2D eigenvalue weighted by molar-refractivity contribution is -0.139. The Morgan fingerprint density at radius 1 is 0.583 bits per heavy atom. The third-order valence-electron chi connectivity index (χ3n) is 3.64. The van der Waals surface area contributed by atoms with Gasteiger partial charge < -0.3 is 11.5 Å². The van der Waals surface area contributed by atoms with E-state index in [2.05, 4.69) is 0 Å². The van der Waals surface area contributed by atoms with Gasteiger partial charge in [-0.25, -0.2) is 0 Å². The molecule has 0 aliphatic carbocycles. The zero-order valence-corrected chi connectivity index (χ0v) is 12.2. The number of nitrogens with two attached hydrogens (primary N) is 2. The van der Waals surface area contributed by atoms with E-state index >= 15 is 0 Å². The second kappa shape index (κ2) is 6.45. The molecule has 0 amide bonds. The molecule has 0 spiro atoms. The van der Waals surface area contributed by atoms with Gasteiger partial charge in [0.25, 0.3) is 0 Å². The predicted octanol–water partition coefficient (Wildman–Crippen LogP) is 4.42. The molecule has 0 aliphatic rings. The highest BCUT2D eigenvalue weighted by Gasteiger charge is 2.38. The summed E-state index contributed by atoms with van der Waals surface area (Å²) < 4.78 is 78.4. The van der Waals surface area contributed by atoms with E-state index in [1.165, 1.54) is 24.3 Å². The average Bonchev–Trinajstić information content (AvgIpc) is 2.52. The topological polar surface area (TPSA) is 52.0 Å². The largest absolute Gasteiger partial charge is 0.416 e. The summed E-state index contributed by atoms with van der Waals surface area (Å²) in [5.41, 5.74) is 8.84. The summed E-state index contributed by atoms with van der Waals surface area (Å²) in [6, 6.07) is 5.96. The SMILES string of the molecule is NC(c1ccccc1C(F)(F)F)C(N)c1ccccc1C(F)(F)F. The minimum atomic E-state index is -4.68. The fraction of sp³-hybridized carbons (Fsp3) is 0.250. The van der Waals surface area contributed by atoms with E-state index in [0.717, 1.165) is 24.3 Å². The first-order valence-corrected chi connectivity index (χ1v) is 6.87. The zero-order valence-electron chi connectivity index (χ0n) is 12.2. The van der Waals surface area contributed by atoms with Crippen molar-refractivity contribution in [1.82, 2.24) is 0 Å². The van der Waals surface area contributed by atoms with Crippen molar-refractivity contribution in [2.45, 2.75) is 24.4 Å². The molecule has 0 heterocycles. The van der Waals surface area contributed by atoms with Crippen molar-refractivity contribution in [3.8, 4) is 0 Å². The van der Waals surface area contributed by atoms with Gasteiger partial charge in [0.15, 0.2) is 0 Å². The van der Waals surface area contributed by atoms with Crippen molar-refractivity contribution < 1.29 is 26.3 Å². The van der Waals surface area contributed by atoms with Crippen LogP contribution in [0.4, 0.5) is 26.3 Å². The van der Waals surface area contributed by atoms with Crippen LogP contribution in [-0.4, -0.2) is 0 Å². The third-order valence-corrected chi connectivity index (χ3v) is 3.64. The van der Waals surface area contributed by atoms with E-state index < -0.39 is 35.6 Å². The van der Waals surface area contributed by atoms with Crippen LogP contribution in [0.1, 0.15) is 34.3 Å². The summed E-state index contributed by atoms with van der Waals surface area (Å²) in [6.45, 7) is 0. The van der Waals surface area contributed by atoms with Crippen LogP contribution in [0, 0.1) is 0 Å². The van der Waals surface area contributed by atoms with Gasteiger partial charge >= 0.3 is 12.4 Å². The van der Waals surface area contributed by atoms with Crippen LogP contribution >= 0.6 is 0 Å². The van der Waals surface area contributed by atoms with Crippen molar-refractivity contribution >= 4 is 0 Å². The second-order valence-electron chi connectivity index (χ2n) is 5.22. The Morgan fingerprint density at radius 3 is 1.17 bits per heavy atom. The molecule has 8 heteroatoms. The average molecular weight is 348 g/mol. The molecule has 2 atom stereocenters. The monoisotopic (exact) mass is 348 g/mol. The van der Waals surface area contributed by atoms with Crippen molar-refractivity contribution in [2.75, 3.05) is 0 Å². The summed E-state index contributed by atoms with van der Waals surface area (Å²) in [4.78, 5) is 0. The maximum atomic E-state index is 13.1. The van der Waals surface area contributed by atoms with Crippen molar-refractivity contribution in [3.05, 3.63) is 70.8 Å². The van der Waals surface area contributed by atoms with E-state index in [0.29, 0.717) is 0 Å². The van der Waals surface area contributed by atoms with Gasteiger partial charge in [-0.1, -0.05) is 36.4 Å². The first-order chi connectivity index (χ1) is 11.0. The standard InChI is InChI=1S/C16H14F6N2/c17-15(18,19)11-7-3-1-5-9(11)13(23)14(24)10-6-2-4-8-12(10)16(20,21)22/h1-8,13-14H,23-24H2. The molecule has 130 valence electrons. The van der Waals surface area contributed by atoms with Crippen molar-refractivity contribution in [2.24, 2.45) is 11.5 Å². The third kappa shape index (κ3) is 3.70. The molecular weight excluding hydrogens is 334 g/mol. The molecule has 2 unspecified atom stereocenters. The van der Waals surface area contributed by atoms with Gasteiger partial charge in [0.2, 0.25) is 0 Å². The number of benzene rings is 2. The Balaban J connectivity index is 2.48. The van der Waals surface area contributed by atoms with Crippen LogP contribution in [0.3, 0.4) is 0 Å². The fourth-order valence-corrected chi connectivity index (χ4v) is 2.48. The minimum Gasteiger partial charge on any atom is -0.322 e. The number of alkyl halides is 6. The molecule has 2 aromatic rings. The van der Waals surface area contributed by atoms with E-state index in [4.69, 9.17) is 11.5 Å². The Labute approximate surface area is 134 Å². The molecule has 0 fully saturated rings. The maximum Gasteiger partial charge on any atom is 0.416 e. The Morgan fingerprint density at radius 2 is 0.875 bits per heavy atom. The molecule has 0 aliphatic heterocycles. The van der Waals surface area contributed by atoms with Crippen LogP contribution in [0.25, 0.3) is 0 Å². The summed E-state index contributed by atoms with van der Waals surface area (Å²) >= 11 is 0. The molecule has 4 N–H and O–H groups in total. The Kier molecular flexibility index (Phi) is 4.91. The zero-order chi connectivity index (χ0) is 18.1. The lowest BCUT2D eigenvalue weighted by Gasteiger charge is -2.26. The summed E-state index contributed by atoms with van der Waals surface area (Å²) in [5.74, 6) is 0. The Bertz CT molecular complexity index is 647. The maximum absolute atomic E-state index is 13.1. The summed E-state index contributed by atoms with van der Waals surface area (Å²) in [6.07, 6.45) is -9.37. The lowest BCUT2D eigenvalue weighted by Crippen LogP contribution is -2.30. The highest BCUT2D eigenvalue weighted by atomic mass is 19.4.